The topological polar surface area (TPSA) is 30.2 Å². The number of halogens is 1. The third kappa shape index (κ3) is 1.87. The van der Waals surface area contributed by atoms with E-state index in [2.05, 4.69) is 15.9 Å². The highest BCUT2D eigenvalue weighted by molar-refractivity contribution is 9.10. The largest absolute Gasteiger partial charge is 0.453 e. The van der Waals surface area contributed by atoms with E-state index < -0.39 is 0 Å². The molecule has 0 aliphatic heterocycles. The molecule has 3 heteroatoms. The zero-order valence-electron chi connectivity index (χ0n) is 12.5. The van der Waals surface area contributed by atoms with E-state index in [1.54, 1.807) is 0 Å². The summed E-state index contributed by atoms with van der Waals surface area (Å²) in [5, 5.41) is 1.02. The number of furan rings is 1. The number of benzene rings is 1. The number of ketones is 1. The zero-order valence-corrected chi connectivity index (χ0v) is 14.1. The van der Waals surface area contributed by atoms with Crippen molar-refractivity contribution in [3.8, 4) is 0 Å². The number of Topliss-reactive ketones (excluding diaryl/α,β-unsaturated/α-hetero) is 1. The first kappa shape index (κ1) is 13.4. The Kier molecular flexibility index (Phi) is 2.71. The first-order valence-corrected chi connectivity index (χ1v) is 9.14. The van der Waals surface area contributed by atoms with Crippen LogP contribution in [0.25, 0.3) is 11.0 Å². The highest BCUT2D eigenvalue weighted by atomic mass is 79.9. The summed E-state index contributed by atoms with van der Waals surface area (Å²) in [4.78, 5) is 13.2. The quantitative estimate of drug-likeness (QED) is 0.654. The first-order chi connectivity index (χ1) is 10.6. The molecule has 22 heavy (non-hydrogen) atoms. The monoisotopic (exact) mass is 358 g/mol. The van der Waals surface area contributed by atoms with Crippen LogP contribution in [-0.2, 0) is 0 Å². The van der Waals surface area contributed by atoms with Crippen molar-refractivity contribution in [2.24, 2.45) is 23.2 Å². The van der Waals surface area contributed by atoms with Gasteiger partial charge in [0.15, 0.2) is 5.76 Å². The Bertz CT molecular complexity index is 738. The molecule has 2 aromatic rings. The molecule has 1 aromatic heterocycles. The van der Waals surface area contributed by atoms with Crippen molar-refractivity contribution in [3.63, 3.8) is 0 Å². The molecule has 1 aromatic carbocycles. The summed E-state index contributed by atoms with van der Waals surface area (Å²) in [6.07, 6.45) is 7.37. The summed E-state index contributed by atoms with van der Waals surface area (Å²) in [5.41, 5.74) is 0.705. The average Bonchev–Trinajstić information content (AvgIpc) is 2.87. The lowest BCUT2D eigenvalue weighted by molar-refractivity contribution is -0.0364. The fourth-order valence-corrected chi connectivity index (χ4v) is 6.15. The van der Waals surface area contributed by atoms with Crippen LogP contribution in [-0.4, -0.2) is 5.78 Å². The summed E-state index contributed by atoms with van der Waals surface area (Å²) >= 11 is 3.48. The predicted octanol–water partition coefficient (Wildman–Crippen LogP) is 5.59. The molecule has 0 amide bonds. The van der Waals surface area contributed by atoms with Crippen LogP contribution < -0.4 is 0 Å². The number of carbonyl (C=O) groups is 1. The number of fused-ring (bicyclic) bond motifs is 1. The smallest absolute Gasteiger partial charge is 0.204 e. The summed E-state index contributed by atoms with van der Waals surface area (Å²) in [6.45, 7) is 0. The summed E-state index contributed by atoms with van der Waals surface area (Å²) in [7, 11) is 0. The molecule has 0 N–H and O–H groups in total. The van der Waals surface area contributed by atoms with Crippen molar-refractivity contribution in [1.82, 2.24) is 0 Å². The molecule has 4 fully saturated rings. The van der Waals surface area contributed by atoms with Crippen molar-refractivity contribution in [3.05, 3.63) is 34.5 Å². The van der Waals surface area contributed by atoms with Crippen LogP contribution in [0.5, 0.6) is 0 Å². The molecule has 0 saturated heterocycles. The van der Waals surface area contributed by atoms with Crippen LogP contribution in [0.15, 0.2) is 33.2 Å². The molecule has 0 radical (unpaired) electrons. The maximum atomic E-state index is 13.2. The Balaban J connectivity index is 1.55. The number of rotatable bonds is 2. The number of carbonyl (C=O) groups excluding carboxylic acids is 1. The van der Waals surface area contributed by atoms with Gasteiger partial charge in [-0.1, -0.05) is 15.9 Å². The second-order valence-electron chi connectivity index (χ2n) is 7.82. The zero-order chi connectivity index (χ0) is 14.9. The number of hydrogen-bond donors (Lipinski definition) is 0. The highest BCUT2D eigenvalue weighted by Gasteiger charge is 2.55. The van der Waals surface area contributed by atoms with Crippen molar-refractivity contribution in [2.75, 3.05) is 0 Å². The fourth-order valence-electron chi connectivity index (χ4n) is 5.78. The average molecular weight is 359 g/mol. The first-order valence-electron chi connectivity index (χ1n) is 8.35. The Morgan fingerprint density at radius 3 is 2.32 bits per heavy atom. The minimum absolute atomic E-state index is 0.111. The van der Waals surface area contributed by atoms with Gasteiger partial charge in [0.1, 0.15) is 5.58 Å². The van der Waals surface area contributed by atoms with Crippen molar-refractivity contribution in [1.29, 1.82) is 0 Å². The van der Waals surface area contributed by atoms with E-state index >= 15 is 0 Å². The van der Waals surface area contributed by atoms with Gasteiger partial charge >= 0.3 is 0 Å². The van der Waals surface area contributed by atoms with Gasteiger partial charge in [-0.3, -0.25) is 4.79 Å². The van der Waals surface area contributed by atoms with E-state index in [1.807, 2.05) is 24.3 Å². The van der Waals surface area contributed by atoms with Gasteiger partial charge in [0.05, 0.1) is 0 Å². The fraction of sp³-hybridized carbons (Fsp3) is 0.526. The molecular formula is C19H19BrO2. The standard InChI is InChI=1S/C19H19BrO2/c20-15-1-2-16-14(6-15)7-17(22-16)18(21)19-8-11-3-12(9-19)5-13(4-11)10-19/h1-2,6-7,11-13H,3-5,8-10H2. The normalized spacial score (nSPS) is 36.1. The van der Waals surface area contributed by atoms with E-state index in [9.17, 15) is 4.79 Å². The van der Waals surface area contributed by atoms with Crippen LogP contribution in [0, 0.1) is 23.2 Å². The van der Waals surface area contributed by atoms with Crippen LogP contribution >= 0.6 is 15.9 Å². The molecule has 1 heterocycles. The van der Waals surface area contributed by atoms with Gasteiger partial charge in [0.2, 0.25) is 5.78 Å². The van der Waals surface area contributed by atoms with Gasteiger partial charge in [-0.25, -0.2) is 0 Å². The molecule has 2 nitrogen and oxygen atoms in total. The molecular weight excluding hydrogens is 340 g/mol. The molecule has 6 rings (SSSR count). The maximum absolute atomic E-state index is 13.2. The van der Waals surface area contributed by atoms with Crippen molar-refractivity contribution in [2.45, 2.75) is 38.5 Å². The third-order valence-corrected chi connectivity index (χ3v) is 6.72. The predicted molar refractivity (Wildman–Crippen MR) is 88.8 cm³/mol. The lowest BCUT2D eigenvalue weighted by Gasteiger charge is -2.55. The Labute approximate surface area is 138 Å². The maximum Gasteiger partial charge on any atom is 0.204 e. The second kappa shape index (κ2) is 4.47. The van der Waals surface area contributed by atoms with Gasteiger partial charge in [0.25, 0.3) is 0 Å². The van der Waals surface area contributed by atoms with Crippen LogP contribution in [0.1, 0.15) is 49.1 Å². The molecule has 114 valence electrons. The van der Waals surface area contributed by atoms with Gasteiger partial charge in [0, 0.05) is 15.3 Å². The minimum Gasteiger partial charge on any atom is -0.453 e. The van der Waals surface area contributed by atoms with E-state index in [1.165, 1.54) is 19.3 Å². The number of hydrogen-bond acceptors (Lipinski definition) is 2. The van der Waals surface area contributed by atoms with Crippen LogP contribution in [0.4, 0.5) is 0 Å². The van der Waals surface area contributed by atoms with Crippen LogP contribution in [0.2, 0.25) is 0 Å². The Morgan fingerprint density at radius 2 is 1.68 bits per heavy atom. The van der Waals surface area contributed by atoms with Gasteiger partial charge < -0.3 is 4.42 Å². The molecule has 0 atom stereocenters. The van der Waals surface area contributed by atoms with Crippen molar-refractivity contribution < 1.29 is 9.21 Å². The lowest BCUT2D eigenvalue weighted by Crippen LogP contribution is -2.49. The lowest BCUT2D eigenvalue weighted by atomic mass is 9.48. The molecule has 0 unspecified atom stereocenters. The third-order valence-electron chi connectivity index (χ3n) is 6.22. The SMILES string of the molecule is O=C(c1cc2cc(Br)ccc2o1)C12CC3CC(CC(C3)C1)C2. The van der Waals surface area contributed by atoms with E-state index in [0.29, 0.717) is 5.76 Å². The summed E-state index contributed by atoms with van der Waals surface area (Å²) in [5.74, 6) is 3.21. The Morgan fingerprint density at radius 1 is 1.05 bits per heavy atom. The van der Waals surface area contributed by atoms with Gasteiger partial charge in [-0.05, 0) is 80.5 Å². The molecule has 4 saturated carbocycles. The highest BCUT2D eigenvalue weighted by Crippen LogP contribution is 2.61. The second-order valence-corrected chi connectivity index (χ2v) is 8.74. The van der Waals surface area contributed by atoms with Crippen molar-refractivity contribution >= 4 is 32.7 Å². The van der Waals surface area contributed by atoms with E-state index in [0.717, 1.165) is 52.5 Å². The summed E-state index contributed by atoms with van der Waals surface area (Å²) < 4.78 is 6.93. The molecule has 4 aliphatic rings. The summed E-state index contributed by atoms with van der Waals surface area (Å²) in [6, 6.07) is 7.87. The molecule has 4 aliphatic carbocycles. The molecule has 4 bridgehead atoms. The van der Waals surface area contributed by atoms with E-state index in [-0.39, 0.29) is 11.2 Å². The van der Waals surface area contributed by atoms with Gasteiger partial charge in [-0.2, -0.15) is 0 Å². The Hall–Kier alpha value is -1.09. The van der Waals surface area contributed by atoms with Gasteiger partial charge in [-0.15, -0.1) is 0 Å². The van der Waals surface area contributed by atoms with Crippen LogP contribution in [0.3, 0.4) is 0 Å². The minimum atomic E-state index is -0.111. The molecule has 0 spiro atoms. The van der Waals surface area contributed by atoms with E-state index in [4.69, 9.17) is 4.42 Å².